The van der Waals surface area contributed by atoms with Gasteiger partial charge in [-0.15, -0.1) is 0 Å². The number of aryl methyl sites for hydroxylation is 4. The highest BCUT2D eigenvalue weighted by atomic mass is 16.2. The predicted octanol–water partition coefficient (Wildman–Crippen LogP) is 5.11. The van der Waals surface area contributed by atoms with Crippen LogP contribution in [0.25, 0.3) is 11.8 Å². The van der Waals surface area contributed by atoms with Crippen molar-refractivity contribution in [2.45, 2.75) is 41.2 Å². The zero-order chi connectivity index (χ0) is 22.3. The highest BCUT2D eigenvalue weighted by Gasteiger charge is 2.33. The van der Waals surface area contributed by atoms with Gasteiger partial charge in [0.1, 0.15) is 5.70 Å². The molecule has 158 valence electrons. The van der Waals surface area contributed by atoms with Gasteiger partial charge in [-0.3, -0.25) is 9.69 Å². The van der Waals surface area contributed by atoms with Gasteiger partial charge < -0.3 is 9.88 Å². The highest BCUT2D eigenvalue weighted by molar-refractivity contribution is 6.14. The topological polar surface area (TPSA) is 54.3 Å². The van der Waals surface area contributed by atoms with Crippen molar-refractivity contribution in [1.82, 2.24) is 14.8 Å². The fourth-order valence-corrected chi connectivity index (χ4v) is 3.94. The van der Waals surface area contributed by atoms with Crippen LogP contribution >= 0.6 is 0 Å². The van der Waals surface area contributed by atoms with Crippen LogP contribution in [-0.4, -0.2) is 21.4 Å². The van der Waals surface area contributed by atoms with Gasteiger partial charge in [0.05, 0.1) is 6.54 Å². The van der Waals surface area contributed by atoms with Crippen LogP contribution in [0.5, 0.6) is 0 Å². The summed E-state index contributed by atoms with van der Waals surface area (Å²) in [5, 5.41) is 2.74. The van der Waals surface area contributed by atoms with Gasteiger partial charge in [-0.2, -0.15) is 0 Å². The summed E-state index contributed by atoms with van der Waals surface area (Å²) in [5.41, 5.74) is 8.94. The molecule has 2 heterocycles. The van der Waals surface area contributed by atoms with Gasteiger partial charge in [0.2, 0.25) is 0 Å². The van der Waals surface area contributed by atoms with E-state index in [1.165, 1.54) is 16.0 Å². The maximum absolute atomic E-state index is 12.9. The number of benzene rings is 2. The summed E-state index contributed by atoms with van der Waals surface area (Å²) in [7, 11) is 0. The van der Waals surface area contributed by atoms with E-state index in [1.54, 1.807) is 6.08 Å². The van der Waals surface area contributed by atoms with Crippen LogP contribution in [0.3, 0.4) is 0 Å². The first-order valence-corrected chi connectivity index (χ1v) is 10.4. The number of aromatic nitrogens is 1. The maximum Gasteiger partial charge on any atom is 0.329 e. The second kappa shape index (κ2) is 7.91. The summed E-state index contributed by atoms with van der Waals surface area (Å²) in [6.45, 7) is 10.5. The molecular weight excluding hydrogens is 386 g/mol. The lowest BCUT2D eigenvalue weighted by Gasteiger charge is -2.12. The molecule has 31 heavy (non-hydrogen) atoms. The van der Waals surface area contributed by atoms with Crippen LogP contribution in [-0.2, 0) is 11.3 Å². The Morgan fingerprint density at radius 2 is 1.58 bits per heavy atom. The van der Waals surface area contributed by atoms with Gasteiger partial charge in [0.25, 0.3) is 5.91 Å². The highest BCUT2D eigenvalue weighted by Crippen LogP contribution is 2.25. The smallest absolute Gasteiger partial charge is 0.318 e. The van der Waals surface area contributed by atoms with Crippen LogP contribution in [0.1, 0.15) is 39.2 Å². The second-order valence-corrected chi connectivity index (χ2v) is 8.30. The van der Waals surface area contributed by atoms with Gasteiger partial charge in [0.15, 0.2) is 0 Å². The van der Waals surface area contributed by atoms with Gasteiger partial charge >= 0.3 is 6.03 Å². The summed E-state index contributed by atoms with van der Waals surface area (Å²) >= 11 is 0. The van der Waals surface area contributed by atoms with Crippen LogP contribution in [0, 0.1) is 34.6 Å². The lowest BCUT2D eigenvalue weighted by Crippen LogP contribution is -2.30. The Labute approximate surface area is 183 Å². The minimum Gasteiger partial charge on any atom is -0.318 e. The van der Waals surface area contributed by atoms with E-state index >= 15 is 0 Å². The number of amides is 3. The molecule has 5 heteroatoms. The fourth-order valence-electron chi connectivity index (χ4n) is 3.94. The number of hydrogen-bond donors (Lipinski definition) is 1. The van der Waals surface area contributed by atoms with Gasteiger partial charge in [-0.25, -0.2) is 4.79 Å². The Morgan fingerprint density at radius 3 is 2.26 bits per heavy atom. The number of carbonyl (C=O) groups is 2. The zero-order valence-corrected chi connectivity index (χ0v) is 18.6. The van der Waals surface area contributed by atoms with Gasteiger partial charge in [0, 0.05) is 17.1 Å². The molecule has 1 N–H and O–H groups in total. The Morgan fingerprint density at radius 1 is 0.871 bits per heavy atom. The normalized spacial score (nSPS) is 15.1. The standard InChI is InChI=1S/C26H27N3O2/c1-16-6-9-21(10-7-16)15-28-25(30)24(27-26(28)31)14-22-13-19(4)29(20(22)5)23-11-8-17(2)18(3)12-23/h6-14H,15H2,1-5H3,(H,27,31)/b24-14+. The third-order valence-corrected chi connectivity index (χ3v) is 5.94. The van der Waals surface area contributed by atoms with Crippen LogP contribution in [0.4, 0.5) is 4.79 Å². The van der Waals surface area contributed by atoms with Crippen molar-refractivity contribution in [3.8, 4) is 5.69 Å². The Hall–Kier alpha value is -3.60. The molecule has 0 atom stereocenters. The molecule has 0 saturated carbocycles. The molecule has 0 radical (unpaired) electrons. The van der Waals surface area contributed by atoms with Crippen LogP contribution in [0.2, 0.25) is 0 Å². The average Bonchev–Trinajstić information content (AvgIpc) is 3.15. The first kappa shape index (κ1) is 20.7. The Balaban J connectivity index is 1.63. The van der Waals surface area contributed by atoms with E-state index in [0.717, 1.165) is 33.8 Å². The van der Waals surface area contributed by atoms with Crippen molar-refractivity contribution in [2.24, 2.45) is 0 Å². The third-order valence-electron chi connectivity index (χ3n) is 5.94. The van der Waals surface area contributed by atoms with E-state index in [2.05, 4.69) is 41.9 Å². The minimum atomic E-state index is -0.389. The first-order chi connectivity index (χ1) is 14.7. The van der Waals surface area contributed by atoms with Crippen molar-refractivity contribution in [3.63, 3.8) is 0 Å². The van der Waals surface area contributed by atoms with Crippen molar-refractivity contribution in [2.75, 3.05) is 0 Å². The van der Waals surface area contributed by atoms with Crippen LogP contribution < -0.4 is 5.32 Å². The largest absolute Gasteiger partial charge is 0.329 e. The molecule has 1 aromatic heterocycles. The van der Waals surface area contributed by atoms with E-state index in [-0.39, 0.29) is 18.5 Å². The molecule has 3 amide bonds. The molecule has 2 aromatic carbocycles. The zero-order valence-electron chi connectivity index (χ0n) is 18.6. The number of nitrogens with zero attached hydrogens (tertiary/aromatic N) is 2. The molecule has 5 nitrogen and oxygen atoms in total. The molecule has 1 aliphatic heterocycles. The molecule has 3 aromatic rings. The van der Waals surface area contributed by atoms with E-state index in [9.17, 15) is 9.59 Å². The summed E-state index contributed by atoms with van der Waals surface area (Å²) in [6.07, 6.45) is 1.77. The van der Waals surface area contributed by atoms with Gasteiger partial charge in [-0.1, -0.05) is 35.9 Å². The first-order valence-electron chi connectivity index (χ1n) is 10.4. The summed E-state index contributed by atoms with van der Waals surface area (Å²) in [4.78, 5) is 26.6. The number of carbonyl (C=O) groups excluding carboxylic acids is 2. The minimum absolute atomic E-state index is 0.254. The van der Waals surface area contributed by atoms with Crippen molar-refractivity contribution in [3.05, 3.63) is 93.4 Å². The van der Waals surface area contributed by atoms with E-state index in [1.807, 2.05) is 51.1 Å². The molecule has 0 spiro atoms. The van der Waals surface area contributed by atoms with Gasteiger partial charge in [-0.05, 0) is 81.1 Å². The summed E-state index contributed by atoms with van der Waals surface area (Å²) in [5.74, 6) is -0.304. The molecule has 0 bridgehead atoms. The Bertz CT molecular complexity index is 1220. The lowest BCUT2D eigenvalue weighted by atomic mass is 10.1. The van der Waals surface area contributed by atoms with Crippen LogP contribution in [0.15, 0.2) is 54.2 Å². The van der Waals surface area contributed by atoms with E-state index < -0.39 is 0 Å². The number of rotatable bonds is 4. The monoisotopic (exact) mass is 413 g/mol. The SMILES string of the molecule is Cc1ccc(CN2C(=O)N/C(=C/c3cc(C)n(-c4ccc(C)c(C)c4)c3C)C2=O)cc1. The summed E-state index contributed by atoms with van der Waals surface area (Å²) < 4.78 is 2.17. The molecule has 1 saturated heterocycles. The quantitative estimate of drug-likeness (QED) is 0.477. The van der Waals surface area contributed by atoms with E-state index in [4.69, 9.17) is 0 Å². The second-order valence-electron chi connectivity index (χ2n) is 8.30. The number of imide groups is 1. The fraction of sp³-hybridized carbons (Fsp3) is 0.231. The van der Waals surface area contributed by atoms with E-state index in [0.29, 0.717) is 5.70 Å². The summed E-state index contributed by atoms with van der Waals surface area (Å²) in [6, 6.07) is 15.9. The van der Waals surface area contributed by atoms with Crippen molar-refractivity contribution in [1.29, 1.82) is 0 Å². The third kappa shape index (κ3) is 3.91. The van der Waals surface area contributed by atoms with Crippen molar-refractivity contribution >= 4 is 18.0 Å². The molecule has 0 aliphatic carbocycles. The maximum atomic E-state index is 12.9. The molecule has 0 unspecified atom stereocenters. The molecule has 1 fully saturated rings. The predicted molar refractivity (Wildman–Crippen MR) is 123 cm³/mol. The molecular formula is C26H27N3O2. The Kier molecular flexibility index (Phi) is 5.27. The van der Waals surface area contributed by atoms with Crippen molar-refractivity contribution < 1.29 is 9.59 Å². The molecule has 1 aliphatic rings. The number of nitrogens with one attached hydrogen (secondary N) is 1. The average molecular weight is 414 g/mol. The lowest BCUT2D eigenvalue weighted by molar-refractivity contribution is -0.123. The number of urea groups is 1. The molecule has 4 rings (SSSR count). The number of hydrogen-bond acceptors (Lipinski definition) is 2.